The van der Waals surface area contributed by atoms with Crippen molar-refractivity contribution in [1.82, 2.24) is 5.01 Å². The van der Waals surface area contributed by atoms with E-state index >= 15 is 0 Å². The summed E-state index contributed by atoms with van der Waals surface area (Å²) in [4.78, 5) is 14.7. The van der Waals surface area contributed by atoms with Crippen molar-refractivity contribution < 1.29 is 4.79 Å². The van der Waals surface area contributed by atoms with E-state index in [0.29, 0.717) is 12.1 Å². The average Bonchev–Trinajstić information content (AvgIpc) is 2.84. The number of benzene rings is 2. The summed E-state index contributed by atoms with van der Waals surface area (Å²) < 4.78 is 0. The third-order valence-corrected chi connectivity index (χ3v) is 4.02. The molecule has 0 aliphatic carbocycles. The molecule has 1 heterocycles. The molecule has 0 fully saturated rings. The van der Waals surface area contributed by atoms with Crippen LogP contribution in [-0.2, 0) is 11.3 Å². The fraction of sp³-hybridized carbons (Fsp3) is 0.200. The summed E-state index contributed by atoms with van der Waals surface area (Å²) in [6.45, 7) is 2.37. The third-order valence-electron chi connectivity index (χ3n) is 4.02. The number of hydrogen-bond donors (Lipinski definition) is 0. The standard InChI is InChI=1S/C20H21N3O/c1-15-19(13-16-9-11-18(12-10-16)22(2)3)20(24)23(21-15)14-17-7-5-4-6-8-17/h4-13H,14H2,1-3H3. The van der Waals surface area contributed by atoms with E-state index in [1.807, 2.05) is 86.6 Å². The van der Waals surface area contributed by atoms with Crippen LogP contribution in [0, 0.1) is 0 Å². The van der Waals surface area contributed by atoms with Gasteiger partial charge in [0.1, 0.15) is 0 Å². The first kappa shape index (κ1) is 16.0. The summed E-state index contributed by atoms with van der Waals surface area (Å²) in [7, 11) is 4.01. The summed E-state index contributed by atoms with van der Waals surface area (Å²) in [5, 5.41) is 5.94. The Morgan fingerprint density at radius 3 is 2.33 bits per heavy atom. The van der Waals surface area contributed by atoms with Gasteiger partial charge >= 0.3 is 0 Å². The molecule has 0 radical (unpaired) electrons. The molecule has 0 bridgehead atoms. The van der Waals surface area contributed by atoms with Crippen molar-refractivity contribution in [3.8, 4) is 0 Å². The number of nitrogens with zero attached hydrogens (tertiary/aromatic N) is 3. The highest BCUT2D eigenvalue weighted by molar-refractivity contribution is 6.26. The molecule has 4 heteroatoms. The first-order chi connectivity index (χ1) is 11.5. The second-order valence-corrected chi connectivity index (χ2v) is 6.08. The van der Waals surface area contributed by atoms with Crippen molar-refractivity contribution in [2.45, 2.75) is 13.5 Å². The van der Waals surface area contributed by atoms with Crippen LogP contribution in [0.25, 0.3) is 6.08 Å². The largest absolute Gasteiger partial charge is 0.378 e. The van der Waals surface area contributed by atoms with E-state index in [1.54, 1.807) is 0 Å². The quantitative estimate of drug-likeness (QED) is 0.808. The maximum Gasteiger partial charge on any atom is 0.276 e. The lowest BCUT2D eigenvalue weighted by atomic mass is 10.1. The number of rotatable bonds is 4. The average molecular weight is 319 g/mol. The first-order valence-corrected chi connectivity index (χ1v) is 7.95. The van der Waals surface area contributed by atoms with Gasteiger partial charge in [0.05, 0.1) is 17.8 Å². The van der Waals surface area contributed by atoms with Crippen LogP contribution in [0.5, 0.6) is 0 Å². The van der Waals surface area contributed by atoms with Gasteiger partial charge in [-0.1, -0.05) is 42.5 Å². The van der Waals surface area contributed by atoms with E-state index in [4.69, 9.17) is 0 Å². The molecule has 0 atom stereocenters. The first-order valence-electron chi connectivity index (χ1n) is 7.95. The highest BCUT2D eigenvalue weighted by atomic mass is 16.2. The van der Waals surface area contributed by atoms with Crippen molar-refractivity contribution in [3.05, 3.63) is 71.3 Å². The van der Waals surface area contributed by atoms with Gasteiger partial charge in [0.15, 0.2) is 0 Å². The minimum Gasteiger partial charge on any atom is -0.378 e. The molecule has 0 spiro atoms. The zero-order valence-corrected chi connectivity index (χ0v) is 14.2. The third kappa shape index (κ3) is 3.38. The summed E-state index contributed by atoms with van der Waals surface area (Å²) >= 11 is 0. The maximum atomic E-state index is 12.6. The molecular formula is C20H21N3O. The molecule has 1 amide bonds. The molecule has 0 unspecified atom stereocenters. The molecule has 24 heavy (non-hydrogen) atoms. The van der Waals surface area contributed by atoms with Crippen molar-refractivity contribution in [1.29, 1.82) is 0 Å². The number of carbonyl (C=O) groups is 1. The van der Waals surface area contributed by atoms with Crippen LogP contribution in [0.2, 0.25) is 0 Å². The van der Waals surface area contributed by atoms with Gasteiger partial charge in [-0.3, -0.25) is 4.79 Å². The smallest absolute Gasteiger partial charge is 0.276 e. The van der Waals surface area contributed by atoms with E-state index in [1.165, 1.54) is 5.01 Å². The Morgan fingerprint density at radius 1 is 1.04 bits per heavy atom. The van der Waals surface area contributed by atoms with Gasteiger partial charge in [0.2, 0.25) is 0 Å². The Labute approximate surface area is 142 Å². The second-order valence-electron chi connectivity index (χ2n) is 6.08. The number of hydrazone groups is 1. The van der Waals surface area contributed by atoms with Crippen LogP contribution in [0.1, 0.15) is 18.1 Å². The molecule has 0 aromatic heterocycles. The SMILES string of the molecule is CC1=NN(Cc2ccccc2)C(=O)C1=Cc1ccc(N(C)C)cc1. The van der Waals surface area contributed by atoms with Gasteiger partial charge in [-0.2, -0.15) is 5.10 Å². The van der Waals surface area contributed by atoms with E-state index < -0.39 is 0 Å². The number of amides is 1. The summed E-state index contributed by atoms with van der Waals surface area (Å²) in [5.74, 6) is -0.0481. The molecule has 1 aliphatic rings. The molecule has 122 valence electrons. The van der Waals surface area contributed by atoms with Crippen LogP contribution < -0.4 is 4.90 Å². The Kier molecular flexibility index (Phi) is 4.47. The monoisotopic (exact) mass is 319 g/mol. The van der Waals surface area contributed by atoms with E-state index in [9.17, 15) is 4.79 Å². The lowest BCUT2D eigenvalue weighted by Gasteiger charge is -2.12. The van der Waals surface area contributed by atoms with Crippen molar-refractivity contribution in [3.63, 3.8) is 0 Å². The number of carbonyl (C=O) groups excluding carboxylic acids is 1. The van der Waals surface area contributed by atoms with Crippen molar-refractivity contribution in [2.75, 3.05) is 19.0 Å². The molecule has 1 aliphatic heterocycles. The highest BCUT2D eigenvalue weighted by Gasteiger charge is 2.27. The normalized spacial score (nSPS) is 15.8. The van der Waals surface area contributed by atoms with Crippen LogP contribution in [0.3, 0.4) is 0 Å². The van der Waals surface area contributed by atoms with Gasteiger partial charge in [0, 0.05) is 19.8 Å². The van der Waals surface area contributed by atoms with Crippen molar-refractivity contribution >= 4 is 23.4 Å². The van der Waals surface area contributed by atoms with Gasteiger partial charge in [0.25, 0.3) is 5.91 Å². The predicted octanol–water partition coefficient (Wildman–Crippen LogP) is 3.55. The Bertz CT molecular complexity index is 789. The molecule has 0 saturated carbocycles. The highest BCUT2D eigenvalue weighted by Crippen LogP contribution is 2.21. The van der Waals surface area contributed by atoms with Gasteiger partial charge in [-0.15, -0.1) is 0 Å². The summed E-state index contributed by atoms with van der Waals surface area (Å²) in [6.07, 6.45) is 1.91. The van der Waals surface area contributed by atoms with Gasteiger partial charge in [-0.05, 0) is 36.3 Å². The van der Waals surface area contributed by atoms with E-state index in [2.05, 4.69) is 5.10 Å². The van der Waals surface area contributed by atoms with E-state index in [0.717, 1.165) is 22.5 Å². The molecule has 3 rings (SSSR count). The molecular weight excluding hydrogens is 298 g/mol. The van der Waals surface area contributed by atoms with Crippen LogP contribution >= 0.6 is 0 Å². The summed E-state index contributed by atoms with van der Waals surface area (Å²) in [6, 6.07) is 18.0. The van der Waals surface area contributed by atoms with E-state index in [-0.39, 0.29) is 5.91 Å². The number of hydrogen-bond acceptors (Lipinski definition) is 3. The zero-order chi connectivity index (χ0) is 17.1. The zero-order valence-electron chi connectivity index (χ0n) is 14.2. The van der Waals surface area contributed by atoms with Crippen LogP contribution in [0.15, 0.2) is 65.3 Å². The number of anilines is 1. The maximum absolute atomic E-state index is 12.6. The molecule has 0 saturated heterocycles. The fourth-order valence-corrected chi connectivity index (χ4v) is 2.64. The van der Waals surface area contributed by atoms with Crippen LogP contribution in [0.4, 0.5) is 5.69 Å². The predicted molar refractivity (Wildman–Crippen MR) is 98.8 cm³/mol. The minimum atomic E-state index is -0.0481. The molecule has 0 N–H and O–H groups in total. The second kappa shape index (κ2) is 6.71. The Hall–Kier alpha value is -2.88. The summed E-state index contributed by atoms with van der Waals surface area (Å²) in [5.41, 5.74) is 4.61. The van der Waals surface area contributed by atoms with Gasteiger partial charge < -0.3 is 4.90 Å². The van der Waals surface area contributed by atoms with Gasteiger partial charge in [-0.25, -0.2) is 5.01 Å². The minimum absolute atomic E-state index is 0.0481. The topological polar surface area (TPSA) is 35.9 Å². The lowest BCUT2D eigenvalue weighted by Crippen LogP contribution is -2.21. The van der Waals surface area contributed by atoms with Crippen LogP contribution in [-0.4, -0.2) is 30.7 Å². The Balaban J connectivity index is 1.79. The fourth-order valence-electron chi connectivity index (χ4n) is 2.64. The molecule has 4 nitrogen and oxygen atoms in total. The Morgan fingerprint density at radius 2 is 1.71 bits per heavy atom. The molecule has 2 aromatic rings. The van der Waals surface area contributed by atoms with Crippen molar-refractivity contribution in [2.24, 2.45) is 5.10 Å². The molecule has 2 aromatic carbocycles. The lowest BCUT2D eigenvalue weighted by molar-refractivity contribution is -0.126.